The van der Waals surface area contributed by atoms with Gasteiger partial charge < -0.3 is 110 Å². The van der Waals surface area contributed by atoms with Crippen molar-refractivity contribution < 1.29 is 91.4 Å². The fraction of sp³-hybridized carbons (Fsp3) is 0.506. The molecule has 128 heavy (non-hydrogen) atoms. The molecule has 19 N–H and O–H groups in total. The van der Waals surface area contributed by atoms with Gasteiger partial charge in [-0.05, 0) is 80.2 Å². The van der Waals surface area contributed by atoms with Crippen LogP contribution in [0.3, 0.4) is 0 Å². The summed E-state index contributed by atoms with van der Waals surface area (Å²) in [5.41, 5.74) is 14.4. The summed E-state index contributed by atoms with van der Waals surface area (Å²) in [6.45, 7) is 8.45. The van der Waals surface area contributed by atoms with Gasteiger partial charge in [-0.15, -0.1) is 11.8 Å². The summed E-state index contributed by atoms with van der Waals surface area (Å²) in [4.78, 5) is 276. The zero-order valence-corrected chi connectivity index (χ0v) is 74.2. The maximum atomic E-state index is 15.6. The van der Waals surface area contributed by atoms with Crippen LogP contribution in [-0.4, -0.2) is 282 Å². The van der Waals surface area contributed by atoms with Crippen LogP contribution in [0.15, 0.2) is 104 Å². The van der Waals surface area contributed by atoms with Crippen LogP contribution in [-0.2, 0) is 112 Å². The Labute approximate surface area is 744 Å². The molecule has 41 heteroatoms. The minimum atomic E-state index is -1.98. The summed E-state index contributed by atoms with van der Waals surface area (Å²) < 4.78 is 0. The first-order valence-electron chi connectivity index (χ1n) is 42.9. The summed E-state index contributed by atoms with van der Waals surface area (Å²) in [5, 5.41) is 40.3. The number of fused-ring (bicyclic) bond motifs is 3. The quantitative estimate of drug-likeness (QED) is 0.0351. The summed E-state index contributed by atoms with van der Waals surface area (Å²) in [5.74, 6) is -18.8. The molecule has 8 rings (SSSR count). The molecule has 0 bridgehead atoms. The third-order valence-electron chi connectivity index (χ3n) is 22.4. The lowest BCUT2D eigenvalue weighted by atomic mass is 10.00. The number of primary amides is 2. The van der Waals surface area contributed by atoms with E-state index in [9.17, 15) is 72.2 Å². The number of nitrogens with zero attached hydrogens (tertiary/aromatic N) is 5. The van der Waals surface area contributed by atoms with Crippen LogP contribution in [0, 0.1) is 5.92 Å². The topological polar surface area (TPSA) is 585 Å². The molecule has 40 nitrogen and oxygen atoms in total. The highest BCUT2D eigenvalue weighted by Crippen LogP contribution is 2.26. The van der Waals surface area contributed by atoms with Crippen LogP contribution in [0.4, 0.5) is 0 Å². The maximum absolute atomic E-state index is 15.6. The van der Waals surface area contributed by atoms with E-state index in [0.29, 0.717) is 63.5 Å². The largest absolute Gasteiger partial charge is 0.481 e. The van der Waals surface area contributed by atoms with Gasteiger partial charge in [-0.2, -0.15) is 0 Å². The monoisotopic (exact) mass is 1790 g/mol. The molecule has 3 aromatic carbocycles. The van der Waals surface area contributed by atoms with Gasteiger partial charge in [-0.1, -0.05) is 127 Å². The number of para-hydroxylation sites is 2. The summed E-state index contributed by atoms with van der Waals surface area (Å²) >= 11 is 0.725. The summed E-state index contributed by atoms with van der Waals surface area (Å²) in [6.07, 6.45) is 4.95. The van der Waals surface area contributed by atoms with Crippen molar-refractivity contribution in [2.24, 2.45) is 17.4 Å². The van der Waals surface area contributed by atoms with Crippen molar-refractivity contribution in [3.05, 3.63) is 126 Å². The predicted molar refractivity (Wildman–Crippen MR) is 471 cm³/mol. The first-order chi connectivity index (χ1) is 61.0. The lowest BCUT2D eigenvalue weighted by Gasteiger charge is -2.36. The molecule has 3 aromatic heterocycles. The Morgan fingerprint density at radius 1 is 0.531 bits per heavy atom. The fourth-order valence-electron chi connectivity index (χ4n) is 15.3. The number of H-pyrrole nitrogens is 3. The van der Waals surface area contributed by atoms with Crippen molar-refractivity contribution in [3.8, 4) is 0 Å². The number of aromatic nitrogens is 4. The first kappa shape index (κ1) is 100. The lowest BCUT2D eigenvalue weighted by molar-refractivity contribution is -0.149. The molecule has 2 fully saturated rings. The van der Waals surface area contributed by atoms with Crippen molar-refractivity contribution in [3.63, 3.8) is 0 Å². The van der Waals surface area contributed by atoms with Gasteiger partial charge in [-0.3, -0.25) is 86.3 Å². The normalized spacial score (nSPS) is 23.8. The molecule has 0 aliphatic carbocycles. The van der Waals surface area contributed by atoms with Gasteiger partial charge in [0.1, 0.15) is 78.5 Å². The fourth-order valence-corrected chi connectivity index (χ4v) is 16.1. The number of aromatic amines is 3. The molecule has 0 radical (unpaired) electrons. The first-order valence-corrected chi connectivity index (χ1v) is 44.0. The number of nitrogens with one attached hydrogen (secondary N) is 14. The van der Waals surface area contributed by atoms with Gasteiger partial charge in [0.15, 0.2) is 0 Å². The van der Waals surface area contributed by atoms with Crippen LogP contribution < -0.4 is 70.0 Å². The molecule has 2 aliphatic rings. The van der Waals surface area contributed by atoms with Crippen LogP contribution >= 0.6 is 11.8 Å². The van der Waals surface area contributed by atoms with Crippen molar-refractivity contribution >= 4 is 140 Å². The molecule has 0 spiro atoms. The number of hydrogen-bond acceptors (Lipinski definition) is 20. The number of likely N-dealkylation sites (N-methyl/N-ethyl adjacent to an activating group) is 3. The van der Waals surface area contributed by atoms with Gasteiger partial charge in [0.05, 0.1) is 38.0 Å². The van der Waals surface area contributed by atoms with Crippen molar-refractivity contribution in [2.75, 3.05) is 52.3 Å². The van der Waals surface area contributed by atoms with E-state index in [1.807, 2.05) is 6.92 Å². The van der Waals surface area contributed by atoms with Crippen molar-refractivity contribution in [1.29, 1.82) is 0 Å². The highest BCUT2D eigenvalue weighted by atomic mass is 32.2. The van der Waals surface area contributed by atoms with Gasteiger partial charge in [-0.25, -0.2) is 4.98 Å². The highest BCUT2D eigenvalue weighted by Gasteiger charge is 2.44. The number of aliphatic carboxylic acids is 1. The summed E-state index contributed by atoms with van der Waals surface area (Å²) in [7, 11) is 3.89. The SMILES string of the molecule is CCCC[C@H]1C(=O)N(C)[C@@H](CCCC)C(=O)N[C@@H](CC(=O)O)C(=O)N[C@H](C(=O)NCC(N)=O)CSCC(=O)N[C@@H](Cc2ccccc2)C(=O)N(C)[C@@H](C)C(=O)N[C@@H](CC(N)=O)C(=O)N2CCC[C@H]2C(=O)N[C@@H](Cc2cnc[nH]2)C(=O)N[C@@H](CC(C)C)C(=O)NCC(=O)N[C@@H](Cc2c[nH]c3ccccc23)C(=O)N[C@@H](CC)C(=O)N[C@@H](Cc2c[nH]c3ccccc23)C(=O)N1C. The Balaban J connectivity index is 1.16. The number of rotatable bonds is 24. The van der Waals surface area contributed by atoms with E-state index in [0.717, 1.165) is 31.4 Å². The van der Waals surface area contributed by atoms with Gasteiger partial charge in [0.2, 0.25) is 100 Å². The van der Waals surface area contributed by atoms with E-state index in [2.05, 4.69) is 78.4 Å². The zero-order chi connectivity index (χ0) is 93.6. The Morgan fingerprint density at radius 2 is 1.06 bits per heavy atom. The molecular formula is C87H119N21O19S. The van der Waals surface area contributed by atoms with E-state index >= 15 is 19.2 Å². The van der Waals surface area contributed by atoms with E-state index in [-0.39, 0.29) is 83.1 Å². The highest BCUT2D eigenvalue weighted by molar-refractivity contribution is 8.00. The Kier molecular flexibility index (Phi) is 37.9. The molecule has 0 saturated carbocycles. The molecule has 17 amide bonds. The molecule has 5 heterocycles. The maximum Gasteiger partial charge on any atom is 0.305 e. The second-order valence-electron chi connectivity index (χ2n) is 32.5. The molecule has 692 valence electrons. The molecule has 2 saturated heterocycles. The number of unbranched alkanes of at least 4 members (excludes halogenated alkanes) is 2. The standard InChI is InChI=1S/C87H119N21O19S/c1-10-13-29-67-82(122)101-62(39-74(113)114)81(121)104-66(77(117)93-43-71(89)110)45-128-46-73(112)97-63(34-50-23-16-15-17-24-50)84(124)105(7)49(6)75(115)102-65(38-70(88)109)86(126)108-32-22-31-68(108)83(123)100-61(37-53-42-90-47-95-53)80(120)99-59(33-48(4)5)76(116)94-44-72(111)96-60(35-51-40-91-57-27-20-18-25-54(51)57)79(119)98-56(12-3)78(118)103-64(36-52-41-92-58-28-21-19-26-55(52)58)85(125)107(9)69(30-14-11-2)87(127)106(67)8/h15-21,23-28,40-42,47-49,56,59-69,91-92H,10-14,22,29-39,43-46H2,1-9H3,(H2,88,109)(H2,89,110)(H,90,95)(H,93,117)(H,94,116)(H,96,111)(H,97,112)(H,98,119)(H,99,120)(H,100,123)(H,101,122)(H,102,115)(H,103,118)(H,104,121)(H,113,114)/t49-,56-,59-,60-,61-,62-,63-,64-,65-,66-,67-,68-,69-/m0/s1. The molecule has 6 aromatic rings. The third-order valence-corrected chi connectivity index (χ3v) is 23.5. The second kappa shape index (κ2) is 48.5. The third kappa shape index (κ3) is 28.6. The summed E-state index contributed by atoms with van der Waals surface area (Å²) in [6, 6.07) is 2.88. The molecule has 0 unspecified atom stereocenters. The smallest absolute Gasteiger partial charge is 0.305 e. The average Bonchev–Trinajstić information content (AvgIpc) is 1.83. The zero-order valence-electron chi connectivity index (χ0n) is 73.3. The Hall–Kier alpha value is -13.2. The van der Waals surface area contributed by atoms with Crippen LogP contribution in [0.2, 0.25) is 0 Å². The average molecular weight is 1800 g/mol. The molecule has 2 aliphatic heterocycles. The van der Waals surface area contributed by atoms with Crippen LogP contribution in [0.1, 0.15) is 141 Å². The second-order valence-corrected chi connectivity index (χ2v) is 33.5. The molecule has 13 atom stereocenters. The van der Waals surface area contributed by atoms with E-state index in [4.69, 9.17) is 11.5 Å². The Bertz CT molecular complexity index is 4950. The van der Waals surface area contributed by atoms with Gasteiger partial charge >= 0.3 is 5.97 Å². The van der Waals surface area contributed by atoms with Gasteiger partial charge in [0, 0.05) is 105 Å². The Morgan fingerprint density at radius 3 is 1.66 bits per heavy atom. The van der Waals surface area contributed by atoms with E-state index < -0.39 is 222 Å². The van der Waals surface area contributed by atoms with Crippen molar-refractivity contribution in [1.82, 2.24) is 98.0 Å². The lowest BCUT2D eigenvalue weighted by Crippen LogP contribution is -2.61. The number of thioether (sulfide) groups is 1. The number of carbonyl (C=O) groups excluding carboxylic acids is 17. The van der Waals surface area contributed by atoms with Crippen molar-refractivity contribution in [2.45, 2.75) is 223 Å². The van der Waals surface area contributed by atoms with Crippen LogP contribution in [0.25, 0.3) is 21.8 Å². The van der Waals surface area contributed by atoms with Crippen LogP contribution in [0.5, 0.6) is 0 Å². The predicted octanol–water partition coefficient (Wildman–Crippen LogP) is -0.851. The number of hydrogen-bond donors (Lipinski definition) is 17. The number of benzene rings is 3. The number of amides is 17. The number of carboxylic acids is 1. The van der Waals surface area contributed by atoms with E-state index in [1.54, 1.807) is 119 Å². The number of carbonyl (C=O) groups is 18. The number of imidazole rings is 1. The number of nitrogens with two attached hydrogens (primary N) is 2. The van der Waals surface area contributed by atoms with E-state index in [1.165, 1.54) is 40.6 Å². The minimum Gasteiger partial charge on any atom is -0.481 e. The molecular weight excluding hydrogens is 1680 g/mol. The van der Waals surface area contributed by atoms with Gasteiger partial charge in [0.25, 0.3) is 0 Å². The minimum absolute atomic E-state index is 0.000747. The number of carboxylic acid groups (broad SMARTS) is 1.